The molecule has 2 aromatic rings. The van der Waals surface area contributed by atoms with Crippen LogP contribution in [0.1, 0.15) is 62.0 Å². The smallest absolute Gasteiger partial charge is 0.407 e. The van der Waals surface area contributed by atoms with Gasteiger partial charge in [-0.15, -0.1) is 0 Å². The van der Waals surface area contributed by atoms with Gasteiger partial charge in [0.2, 0.25) is 5.91 Å². The topological polar surface area (TPSA) is 105 Å². The van der Waals surface area contributed by atoms with Crippen LogP contribution in [-0.2, 0) is 14.3 Å². The SMILES string of the molecule is O=C(CC1CCCC1NC(=O)OCC1c2ccccc2-c2ccccc21)NC1CCCC1C(=O)O. The first-order valence-electron chi connectivity index (χ1n) is 12.6. The Bertz CT molecular complexity index is 1070. The Morgan fingerprint density at radius 3 is 2.14 bits per heavy atom. The van der Waals surface area contributed by atoms with Gasteiger partial charge in [0.15, 0.2) is 0 Å². The Morgan fingerprint density at radius 1 is 0.829 bits per heavy atom. The molecule has 0 spiro atoms. The molecule has 2 fully saturated rings. The normalized spacial score (nSPS) is 25.0. The van der Waals surface area contributed by atoms with Gasteiger partial charge in [0.05, 0.1) is 5.92 Å². The second-order valence-corrected chi connectivity index (χ2v) is 10.0. The lowest BCUT2D eigenvalue weighted by atomic mass is 9.98. The molecule has 2 saturated carbocycles. The highest BCUT2D eigenvalue weighted by Crippen LogP contribution is 2.44. The van der Waals surface area contributed by atoms with Crippen molar-refractivity contribution in [2.75, 3.05) is 6.61 Å². The molecule has 184 valence electrons. The number of ether oxygens (including phenoxy) is 1. The Kier molecular flexibility index (Phi) is 6.75. The van der Waals surface area contributed by atoms with E-state index in [0.29, 0.717) is 12.8 Å². The molecule has 0 radical (unpaired) electrons. The standard InChI is InChI=1S/C28H32N2O5/c31-26(29-25-14-6-12-22(25)27(32)33)15-17-7-5-13-24(17)30-28(34)35-16-23-20-10-3-1-8-18(20)19-9-2-4-11-21(19)23/h1-4,8-11,17,22-25H,5-7,12-16H2,(H,29,31)(H,30,34)(H,32,33). The molecule has 3 N–H and O–H groups in total. The van der Waals surface area contributed by atoms with Crippen LogP contribution < -0.4 is 10.6 Å². The molecule has 2 aromatic carbocycles. The molecular weight excluding hydrogens is 444 g/mol. The number of carbonyl (C=O) groups is 3. The number of carboxylic acids is 1. The Hall–Kier alpha value is -3.35. The maximum atomic E-state index is 12.7. The van der Waals surface area contributed by atoms with Gasteiger partial charge in [0.1, 0.15) is 6.61 Å². The number of hydrogen-bond acceptors (Lipinski definition) is 4. The monoisotopic (exact) mass is 476 g/mol. The van der Waals surface area contributed by atoms with Crippen LogP contribution in [0.5, 0.6) is 0 Å². The summed E-state index contributed by atoms with van der Waals surface area (Å²) in [4.78, 5) is 36.7. The van der Waals surface area contributed by atoms with Crippen LogP contribution >= 0.6 is 0 Å². The van der Waals surface area contributed by atoms with Crippen LogP contribution in [0.15, 0.2) is 48.5 Å². The summed E-state index contributed by atoms with van der Waals surface area (Å²) in [6.07, 6.45) is 4.57. The van der Waals surface area contributed by atoms with Crippen molar-refractivity contribution in [1.29, 1.82) is 0 Å². The van der Waals surface area contributed by atoms with Crippen LogP contribution in [0.25, 0.3) is 11.1 Å². The number of rotatable bonds is 7. The van der Waals surface area contributed by atoms with Crippen molar-refractivity contribution in [2.24, 2.45) is 11.8 Å². The zero-order valence-electron chi connectivity index (χ0n) is 19.7. The highest BCUT2D eigenvalue weighted by atomic mass is 16.5. The van der Waals surface area contributed by atoms with Gasteiger partial charge in [-0.2, -0.15) is 0 Å². The van der Waals surface area contributed by atoms with Gasteiger partial charge in [-0.3, -0.25) is 9.59 Å². The zero-order chi connectivity index (χ0) is 24.4. The first-order chi connectivity index (χ1) is 17.0. The molecule has 0 aromatic heterocycles. The van der Waals surface area contributed by atoms with Crippen molar-refractivity contribution in [3.63, 3.8) is 0 Å². The highest BCUT2D eigenvalue weighted by molar-refractivity contribution is 5.80. The number of amides is 2. The lowest BCUT2D eigenvalue weighted by Gasteiger charge is -2.23. The van der Waals surface area contributed by atoms with E-state index in [1.807, 2.05) is 24.3 Å². The second kappa shape index (κ2) is 10.1. The minimum atomic E-state index is -0.844. The van der Waals surface area contributed by atoms with E-state index in [0.717, 1.165) is 25.7 Å². The molecule has 0 heterocycles. The average Bonchev–Trinajstić information content (AvgIpc) is 3.56. The molecule has 3 aliphatic carbocycles. The third-order valence-corrected chi connectivity index (χ3v) is 7.93. The number of carbonyl (C=O) groups excluding carboxylic acids is 2. The molecule has 3 aliphatic rings. The van der Waals surface area contributed by atoms with Crippen LogP contribution in [-0.4, -0.2) is 41.8 Å². The van der Waals surface area contributed by atoms with Crippen LogP contribution in [0.4, 0.5) is 4.79 Å². The van der Waals surface area contributed by atoms with E-state index in [4.69, 9.17) is 4.74 Å². The van der Waals surface area contributed by atoms with Crippen molar-refractivity contribution in [2.45, 2.75) is 62.9 Å². The lowest BCUT2D eigenvalue weighted by Crippen LogP contribution is -2.43. The van der Waals surface area contributed by atoms with E-state index >= 15 is 0 Å². The van der Waals surface area contributed by atoms with Crippen LogP contribution in [0, 0.1) is 11.8 Å². The minimum Gasteiger partial charge on any atom is -0.481 e. The van der Waals surface area contributed by atoms with Gasteiger partial charge in [0, 0.05) is 24.4 Å². The summed E-state index contributed by atoms with van der Waals surface area (Å²) >= 11 is 0. The number of alkyl carbamates (subject to hydrolysis) is 1. The summed E-state index contributed by atoms with van der Waals surface area (Å²) < 4.78 is 5.69. The Balaban J connectivity index is 1.15. The number of hydrogen-bond donors (Lipinski definition) is 3. The van der Waals surface area contributed by atoms with Gasteiger partial charge in [0.25, 0.3) is 0 Å². The van der Waals surface area contributed by atoms with Gasteiger partial charge in [-0.05, 0) is 53.9 Å². The van der Waals surface area contributed by atoms with Gasteiger partial charge in [-0.1, -0.05) is 61.4 Å². The molecule has 0 saturated heterocycles. The zero-order valence-corrected chi connectivity index (χ0v) is 19.7. The summed E-state index contributed by atoms with van der Waals surface area (Å²) in [6.45, 7) is 0.260. The number of aliphatic carboxylic acids is 1. The highest BCUT2D eigenvalue weighted by Gasteiger charge is 2.36. The second-order valence-electron chi connectivity index (χ2n) is 10.0. The van der Waals surface area contributed by atoms with Gasteiger partial charge in [-0.25, -0.2) is 4.79 Å². The fourth-order valence-corrected chi connectivity index (χ4v) is 6.19. The maximum absolute atomic E-state index is 12.7. The van der Waals surface area contributed by atoms with Crippen molar-refractivity contribution < 1.29 is 24.2 Å². The largest absolute Gasteiger partial charge is 0.481 e. The van der Waals surface area contributed by atoms with Crippen molar-refractivity contribution in [3.8, 4) is 11.1 Å². The maximum Gasteiger partial charge on any atom is 0.407 e. The summed E-state index contributed by atoms with van der Waals surface area (Å²) in [5.74, 6) is -1.44. The molecule has 0 bridgehead atoms. The minimum absolute atomic E-state index is 0.00638. The van der Waals surface area contributed by atoms with E-state index in [9.17, 15) is 19.5 Å². The molecule has 2 amide bonds. The van der Waals surface area contributed by atoms with E-state index in [2.05, 4.69) is 34.9 Å². The average molecular weight is 477 g/mol. The number of benzene rings is 2. The van der Waals surface area contributed by atoms with Crippen molar-refractivity contribution in [3.05, 3.63) is 59.7 Å². The van der Waals surface area contributed by atoms with Crippen LogP contribution in [0.2, 0.25) is 0 Å². The predicted molar refractivity (Wildman–Crippen MR) is 131 cm³/mol. The molecule has 4 atom stereocenters. The van der Waals surface area contributed by atoms with Crippen molar-refractivity contribution in [1.82, 2.24) is 10.6 Å². The quantitative estimate of drug-likeness (QED) is 0.548. The molecule has 7 nitrogen and oxygen atoms in total. The van der Waals surface area contributed by atoms with E-state index in [-0.39, 0.29) is 42.9 Å². The van der Waals surface area contributed by atoms with E-state index < -0.39 is 18.0 Å². The van der Waals surface area contributed by atoms with E-state index in [1.165, 1.54) is 22.3 Å². The first-order valence-corrected chi connectivity index (χ1v) is 12.6. The van der Waals surface area contributed by atoms with Crippen LogP contribution in [0.3, 0.4) is 0 Å². The third-order valence-electron chi connectivity index (χ3n) is 7.93. The Labute approximate surface area is 205 Å². The molecule has 0 aliphatic heterocycles. The summed E-state index contributed by atoms with van der Waals surface area (Å²) in [5.41, 5.74) is 4.71. The van der Waals surface area contributed by atoms with Gasteiger partial charge >= 0.3 is 12.1 Å². The first kappa shape index (κ1) is 23.4. The molecule has 7 heteroatoms. The fourth-order valence-electron chi connectivity index (χ4n) is 6.19. The number of fused-ring (bicyclic) bond motifs is 3. The Morgan fingerprint density at radius 2 is 1.46 bits per heavy atom. The van der Waals surface area contributed by atoms with E-state index in [1.54, 1.807) is 0 Å². The molecule has 35 heavy (non-hydrogen) atoms. The van der Waals surface area contributed by atoms with Crippen molar-refractivity contribution >= 4 is 18.0 Å². The summed E-state index contributed by atoms with van der Waals surface area (Å²) in [6, 6.07) is 16.0. The fraction of sp³-hybridized carbons (Fsp3) is 0.464. The molecular formula is C28H32N2O5. The predicted octanol–water partition coefficient (Wildman–Crippen LogP) is 4.45. The molecule has 5 rings (SSSR count). The number of carboxylic acid groups (broad SMARTS) is 1. The number of nitrogens with one attached hydrogen (secondary N) is 2. The van der Waals surface area contributed by atoms with Gasteiger partial charge < -0.3 is 20.5 Å². The lowest BCUT2D eigenvalue weighted by molar-refractivity contribution is -0.142. The molecule has 4 unspecified atom stereocenters. The summed E-state index contributed by atoms with van der Waals surface area (Å²) in [7, 11) is 0. The summed E-state index contributed by atoms with van der Waals surface area (Å²) in [5, 5.41) is 15.3. The third kappa shape index (κ3) is 4.90.